The van der Waals surface area contributed by atoms with Crippen LogP contribution >= 0.6 is 0 Å². The SMILES string of the molecule is C=CCN(C(=O)[C@@H]1[C@H]2C(=O)N([C@@H](CO)Cc3ccccc3)C(C(=O)N(CC=C)C(C)(C)CC(C)(C)C)C23CC[C@@]1(C)O3)c1ccc(OCC)cc1. The maximum absolute atomic E-state index is 15.3. The summed E-state index contributed by atoms with van der Waals surface area (Å²) in [7, 11) is 0. The van der Waals surface area contributed by atoms with Crippen LogP contribution in [0.5, 0.6) is 5.75 Å². The molecule has 2 bridgehead atoms. The van der Waals surface area contributed by atoms with Crippen LogP contribution in [0.4, 0.5) is 5.69 Å². The Hall–Kier alpha value is -3.95. The number of anilines is 1. The maximum Gasteiger partial charge on any atom is 0.249 e. The number of aliphatic hydroxyl groups excluding tert-OH is 1. The van der Waals surface area contributed by atoms with Gasteiger partial charge in [0.25, 0.3) is 0 Å². The Bertz CT molecular complexity index is 1600. The lowest BCUT2D eigenvalue weighted by Crippen LogP contribution is -2.62. The van der Waals surface area contributed by atoms with Gasteiger partial charge in [-0.1, -0.05) is 63.3 Å². The van der Waals surface area contributed by atoms with E-state index in [9.17, 15) is 9.90 Å². The van der Waals surface area contributed by atoms with E-state index in [1.165, 1.54) is 0 Å². The van der Waals surface area contributed by atoms with Crippen LogP contribution in [0.2, 0.25) is 0 Å². The quantitative estimate of drug-likeness (QED) is 0.222. The molecule has 1 N–H and O–H groups in total. The Kier molecular flexibility index (Phi) is 10.9. The summed E-state index contributed by atoms with van der Waals surface area (Å²) in [6, 6.07) is 15.2. The first-order valence-electron chi connectivity index (χ1n) is 18.3. The predicted octanol–water partition coefficient (Wildman–Crippen LogP) is 6.20. The molecular weight excluding hydrogens is 642 g/mol. The fourth-order valence-electron chi connectivity index (χ4n) is 9.36. The molecule has 2 unspecified atom stereocenters. The minimum Gasteiger partial charge on any atom is -0.494 e. The summed E-state index contributed by atoms with van der Waals surface area (Å²) >= 11 is 0. The average molecular weight is 700 g/mol. The van der Waals surface area contributed by atoms with Crippen LogP contribution in [0.15, 0.2) is 79.9 Å². The Balaban J connectivity index is 1.63. The number of fused-ring (bicyclic) bond motifs is 1. The van der Waals surface area contributed by atoms with Crippen LogP contribution in [0.25, 0.3) is 0 Å². The first-order valence-corrected chi connectivity index (χ1v) is 18.3. The van der Waals surface area contributed by atoms with E-state index in [1.54, 1.807) is 22.0 Å². The van der Waals surface area contributed by atoms with E-state index in [-0.39, 0.29) is 42.8 Å². The molecule has 3 heterocycles. The fraction of sp³-hybridized carbons (Fsp3) is 0.548. The summed E-state index contributed by atoms with van der Waals surface area (Å²) in [5.41, 5.74) is -1.37. The van der Waals surface area contributed by atoms with Gasteiger partial charge in [-0.25, -0.2) is 0 Å². The summed E-state index contributed by atoms with van der Waals surface area (Å²) in [5.74, 6) is -1.93. The van der Waals surface area contributed by atoms with Gasteiger partial charge in [0.15, 0.2) is 0 Å². The highest BCUT2D eigenvalue weighted by Crippen LogP contribution is 2.64. The summed E-state index contributed by atoms with van der Waals surface area (Å²) < 4.78 is 12.7. The molecule has 3 fully saturated rings. The molecule has 5 rings (SSSR count). The van der Waals surface area contributed by atoms with E-state index in [4.69, 9.17) is 9.47 Å². The monoisotopic (exact) mass is 699 g/mol. The minimum atomic E-state index is -1.26. The predicted molar refractivity (Wildman–Crippen MR) is 200 cm³/mol. The zero-order valence-corrected chi connectivity index (χ0v) is 31.6. The van der Waals surface area contributed by atoms with Crippen molar-refractivity contribution in [3.05, 3.63) is 85.5 Å². The second kappa shape index (κ2) is 14.6. The first-order chi connectivity index (χ1) is 24.1. The van der Waals surface area contributed by atoms with Crippen molar-refractivity contribution in [2.45, 2.75) is 103 Å². The highest BCUT2D eigenvalue weighted by atomic mass is 16.5. The molecule has 276 valence electrons. The van der Waals surface area contributed by atoms with Gasteiger partial charge in [0.2, 0.25) is 17.7 Å². The van der Waals surface area contributed by atoms with Crippen molar-refractivity contribution >= 4 is 23.4 Å². The molecule has 6 atom stereocenters. The van der Waals surface area contributed by atoms with Crippen molar-refractivity contribution in [3.63, 3.8) is 0 Å². The molecule has 0 radical (unpaired) electrons. The molecule has 9 heteroatoms. The molecular formula is C42H57N3O6. The van der Waals surface area contributed by atoms with Gasteiger partial charge in [0.1, 0.15) is 17.4 Å². The van der Waals surface area contributed by atoms with Gasteiger partial charge in [0, 0.05) is 24.3 Å². The van der Waals surface area contributed by atoms with Gasteiger partial charge < -0.3 is 29.3 Å². The molecule has 3 aliphatic rings. The highest BCUT2D eigenvalue weighted by molar-refractivity contribution is 6.03. The van der Waals surface area contributed by atoms with Crippen molar-refractivity contribution < 1.29 is 29.0 Å². The topological polar surface area (TPSA) is 99.6 Å². The number of carbonyl (C=O) groups is 3. The summed E-state index contributed by atoms with van der Waals surface area (Å²) in [4.78, 5) is 50.5. The van der Waals surface area contributed by atoms with Gasteiger partial charge >= 0.3 is 0 Å². The van der Waals surface area contributed by atoms with Crippen molar-refractivity contribution in [2.24, 2.45) is 17.3 Å². The van der Waals surface area contributed by atoms with Gasteiger partial charge in [-0.3, -0.25) is 14.4 Å². The molecule has 51 heavy (non-hydrogen) atoms. The van der Waals surface area contributed by atoms with Crippen LogP contribution in [0.3, 0.4) is 0 Å². The Morgan fingerprint density at radius 1 is 1.02 bits per heavy atom. The summed E-state index contributed by atoms with van der Waals surface area (Å²) in [6.07, 6.45) is 5.37. The molecule has 3 amide bonds. The lowest BCUT2D eigenvalue weighted by atomic mass is 9.65. The Morgan fingerprint density at radius 3 is 2.24 bits per heavy atom. The smallest absolute Gasteiger partial charge is 0.249 e. The molecule has 2 aromatic carbocycles. The van der Waals surface area contributed by atoms with Crippen LogP contribution in [0, 0.1) is 17.3 Å². The zero-order chi connectivity index (χ0) is 37.4. The van der Waals surface area contributed by atoms with Crippen molar-refractivity contribution in [1.82, 2.24) is 9.80 Å². The van der Waals surface area contributed by atoms with Crippen molar-refractivity contribution in [3.8, 4) is 5.75 Å². The zero-order valence-electron chi connectivity index (χ0n) is 31.6. The molecule has 1 spiro atoms. The number of rotatable bonds is 15. The third-order valence-corrected chi connectivity index (χ3v) is 10.9. The Labute approximate surface area is 304 Å². The molecule has 0 aromatic heterocycles. The fourth-order valence-corrected chi connectivity index (χ4v) is 9.36. The Morgan fingerprint density at radius 2 is 1.67 bits per heavy atom. The standard InChI is InChI=1S/C42H57N3O6/c1-10-24-43(30-18-20-32(21-19-30)50-12-3)36(47)33-34-37(48)45(31(27-46)26-29-16-14-13-15-17-29)35(42(34)23-22-41(33,9)51-42)38(49)44(25-11-2)40(7,8)28-39(4,5)6/h10-11,13-21,31,33-35,46H,1-2,12,22-28H2,3-9H3/t31-,33+,34+,35?,41-,42?/m1/s1. The summed E-state index contributed by atoms with van der Waals surface area (Å²) in [6.45, 7) is 22.9. The molecule has 3 saturated heterocycles. The van der Waals surface area contributed by atoms with E-state index in [0.29, 0.717) is 43.7 Å². The highest BCUT2D eigenvalue weighted by Gasteiger charge is 2.79. The van der Waals surface area contributed by atoms with Crippen LogP contribution in [-0.4, -0.2) is 87.8 Å². The lowest BCUT2D eigenvalue weighted by Gasteiger charge is -2.46. The third kappa shape index (κ3) is 7.12. The van der Waals surface area contributed by atoms with Crippen LogP contribution < -0.4 is 9.64 Å². The normalized spacial score (nSPS) is 26.1. The van der Waals surface area contributed by atoms with Crippen LogP contribution in [0.1, 0.15) is 73.3 Å². The largest absolute Gasteiger partial charge is 0.494 e. The molecule has 9 nitrogen and oxygen atoms in total. The van der Waals surface area contributed by atoms with Crippen molar-refractivity contribution in [2.75, 3.05) is 31.2 Å². The number of benzene rings is 2. The second-order valence-electron chi connectivity index (χ2n) is 16.5. The van der Waals surface area contributed by atoms with Gasteiger partial charge in [-0.15, -0.1) is 13.2 Å². The second-order valence-corrected chi connectivity index (χ2v) is 16.5. The molecule has 3 aliphatic heterocycles. The van der Waals surface area contributed by atoms with E-state index >= 15 is 9.59 Å². The summed E-state index contributed by atoms with van der Waals surface area (Å²) in [5, 5.41) is 11.0. The molecule has 0 aliphatic carbocycles. The lowest BCUT2D eigenvalue weighted by molar-refractivity contribution is -0.158. The van der Waals surface area contributed by atoms with E-state index in [0.717, 1.165) is 5.56 Å². The first kappa shape index (κ1) is 38.3. The third-order valence-electron chi connectivity index (χ3n) is 10.9. The number of ether oxygens (including phenoxy) is 2. The van der Waals surface area contributed by atoms with Gasteiger partial charge in [0.05, 0.1) is 36.7 Å². The van der Waals surface area contributed by atoms with Crippen molar-refractivity contribution in [1.29, 1.82) is 0 Å². The number of amides is 3. The average Bonchev–Trinajstić information content (AvgIpc) is 3.65. The van der Waals surface area contributed by atoms with Gasteiger partial charge in [-0.2, -0.15) is 0 Å². The van der Waals surface area contributed by atoms with E-state index in [1.807, 2.05) is 87.2 Å². The maximum atomic E-state index is 15.3. The molecule has 2 aromatic rings. The van der Waals surface area contributed by atoms with E-state index in [2.05, 4.69) is 33.9 Å². The number of likely N-dealkylation sites (tertiary alicyclic amines) is 1. The van der Waals surface area contributed by atoms with Gasteiger partial charge in [-0.05, 0) is 88.6 Å². The number of nitrogens with zero attached hydrogens (tertiary/aromatic N) is 3. The minimum absolute atomic E-state index is 0.0983. The number of aliphatic hydroxyl groups is 1. The van der Waals surface area contributed by atoms with Crippen LogP contribution in [-0.2, 0) is 25.5 Å². The van der Waals surface area contributed by atoms with E-state index < -0.39 is 40.7 Å². The number of hydrogen-bond acceptors (Lipinski definition) is 6. The number of carbonyl (C=O) groups excluding carboxylic acids is 3. The number of hydrogen-bond donors (Lipinski definition) is 1. The molecule has 0 saturated carbocycles.